The fourth-order valence-corrected chi connectivity index (χ4v) is 5.74. The molecule has 1 aliphatic rings. The highest BCUT2D eigenvalue weighted by Crippen LogP contribution is 2.60. The zero-order valence-electron chi connectivity index (χ0n) is 17.5. The van der Waals surface area contributed by atoms with Crippen molar-refractivity contribution in [3.05, 3.63) is 112 Å². The summed E-state index contributed by atoms with van der Waals surface area (Å²) in [6.45, 7) is 0. The average molecular weight is 430 g/mol. The van der Waals surface area contributed by atoms with Gasteiger partial charge < -0.3 is 0 Å². The first kappa shape index (κ1) is 21.4. The van der Waals surface area contributed by atoms with Crippen molar-refractivity contribution in [1.29, 1.82) is 0 Å². The highest BCUT2D eigenvalue weighted by Gasteiger charge is 2.53. The molecule has 1 saturated carbocycles. The van der Waals surface area contributed by atoms with E-state index >= 15 is 0 Å². The molecular weight excluding hydrogens is 402 g/mol. The van der Waals surface area contributed by atoms with E-state index in [0.717, 1.165) is 24.3 Å². The van der Waals surface area contributed by atoms with Gasteiger partial charge in [0.1, 0.15) is 0 Å². The number of allylic oxidation sites excluding steroid dienone is 1. The van der Waals surface area contributed by atoms with Gasteiger partial charge in [0.05, 0.1) is 4.92 Å². The predicted octanol–water partition coefficient (Wildman–Crippen LogP) is 7.57. The van der Waals surface area contributed by atoms with Gasteiger partial charge in [0.15, 0.2) is 0 Å². The molecule has 0 amide bonds. The maximum atomic E-state index is 10.8. The van der Waals surface area contributed by atoms with Gasteiger partial charge in [-0.1, -0.05) is 60.7 Å². The molecule has 0 bridgehead atoms. The first-order valence-electron chi connectivity index (χ1n) is 10.8. The average Bonchev–Trinajstić information content (AvgIpc) is 3.46. The lowest BCUT2D eigenvalue weighted by Gasteiger charge is -2.18. The van der Waals surface area contributed by atoms with Crippen LogP contribution in [0, 0.1) is 16.0 Å². The third-order valence-electron chi connectivity index (χ3n) is 5.92. The van der Waals surface area contributed by atoms with Crippen LogP contribution in [0.25, 0.3) is 6.08 Å². The lowest BCUT2D eigenvalue weighted by molar-refractivity contribution is -0.384. The highest BCUT2D eigenvalue weighted by atomic mass is 32.2. The smallest absolute Gasteiger partial charge is 0.258 e. The minimum Gasteiger partial charge on any atom is -0.258 e. The number of hydrogen-bond donors (Lipinski definition) is 0. The Morgan fingerprint density at radius 1 is 0.968 bits per heavy atom. The van der Waals surface area contributed by atoms with Gasteiger partial charge >= 0.3 is 0 Å². The number of nitro groups is 1. The SMILES string of the molecule is O=[N+]([O-])c1ccc(/C=C/CCC[C@@H]2C[C@]2(Cc2ccccc2)Sc2ccccc2)cc1. The van der Waals surface area contributed by atoms with E-state index in [1.807, 2.05) is 0 Å². The van der Waals surface area contributed by atoms with Crippen molar-refractivity contribution in [3.8, 4) is 0 Å². The van der Waals surface area contributed by atoms with Crippen molar-refractivity contribution in [3.63, 3.8) is 0 Å². The van der Waals surface area contributed by atoms with Gasteiger partial charge in [-0.2, -0.15) is 0 Å². The normalized spacial score (nSPS) is 20.1. The van der Waals surface area contributed by atoms with E-state index in [-0.39, 0.29) is 10.6 Å². The summed E-state index contributed by atoms with van der Waals surface area (Å²) < 4.78 is 0.310. The van der Waals surface area contributed by atoms with Crippen molar-refractivity contribution < 1.29 is 4.92 Å². The fraction of sp³-hybridized carbons (Fsp3) is 0.259. The molecule has 1 fully saturated rings. The van der Waals surface area contributed by atoms with Gasteiger partial charge in [0.2, 0.25) is 0 Å². The quantitative estimate of drug-likeness (QED) is 0.190. The van der Waals surface area contributed by atoms with Crippen LogP contribution >= 0.6 is 11.8 Å². The van der Waals surface area contributed by atoms with Crippen LogP contribution in [0.1, 0.15) is 36.8 Å². The summed E-state index contributed by atoms with van der Waals surface area (Å²) in [7, 11) is 0. The van der Waals surface area contributed by atoms with E-state index in [9.17, 15) is 10.1 Å². The van der Waals surface area contributed by atoms with Gasteiger partial charge in [-0.3, -0.25) is 10.1 Å². The maximum Gasteiger partial charge on any atom is 0.269 e. The molecular formula is C27H27NO2S. The molecule has 4 heteroatoms. The van der Waals surface area contributed by atoms with Crippen LogP contribution in [-0.4, -0.2) is 9.67 Å². The molecule has 31 heavy (non-hydrogen) atoms. The second-order valence-electron chi connectivity index (χ2n) is 8.23. The zero-order valence-corrected chi connectivity index (χ0v) is 18.3. The van der Waals surface area contributed by atoms with Crippen molar-refractivity contribution in [2.75, 3.05) is 0 Å². The molecule has 0 aromatic heterocycles. The largest absolute Gasteiger partial charge is 0.269 e. The van der Waals surface area contributed by atoms with Crippen LogP contribution in [-0.2, 0) is 6.42 Å². The standard InChI is InChI=1S/C27H27NO2S/c29-28(30)25-18-16-22(17-19-25)10-4-2-7-13-24-21-27(24,20-23-11-5-1-6-12-23)31-26-14-8-3-9-15-26/h1,3-6,8-12,14-19,24H,2,7,13,20-21H2/b10-4+/t24-,27+/m1/s1. The molecule has 1 aliphatic carbocycles. The molecule has 0 saturated heterocycles. The van der Waals surface area contributed by atoms with Gasteiger partial charge in [-0.05, 0) is 73.4 Å². The van der Waals surface area contributed by atoms with Gasteiger partial charge in [0, 0.05) is 21.8 Å². The molecule has 3 aromatic carbocycles. The second-order valence-corrected chi connectivity index (χ2v) is 9.71. The molecule has 0 N–H and O–H groups in total. The van der Waals surface area contributed by atoms with Crippen LogP contribution < -0.4 is 0 Å². The number of rotatable bonds is 10. The van der Waals surface area contributed by atoms with Crippen LogP contribution in [0.4, 0.5) is 5.69 Å². The lowest BCUT2D eigenvalue weighted by Crippen LogP contribution is -2.11. The van der Waals surface area contributed by atoms with E-state index in [1.54, 1.807) is 24.3 Å². The molecule has 3 nitrogen and oxygen atoms in total. The Labute approximate surface area is 188 Å². The number of hydrogen-bond acceptors (Lipinski definition) is 3. The predicted molar refractivity (Wildman–Crippen MR) is 129 cm³/mol. The summed E-state index contributed by atoms with van der Waals surface area (Å²) in [6, 6.07) is 28.3. The molecule has 0 spiro atoms. The van der Waals surface area contributed by atoms with E-state index in [4.69, 9.17) is 0 Å². The summed E-state index contributed by atoms with van der Waals surface area (Å²) >= 11 is 2.05. The molecule has 158 valence electrons. The number of unbranched alkanes of at least 4 members (excludes halogenated alkanes) is 1. The Bertz CT molecular complexity index is 975. The molecule has 0 unspecified atom stereocenters. The highest BCUT2D eigenvalue weighted by molar-refractivity contribution is 8.01. The van der Waals surface area contributed by atoms with Gasteiger partial charge in [-0.15, -0.1) is 11.8 Å². The second kappa shape index (κ2) is 9.97. The van der Waals surface area contributed by atoms with E-state index in [1.165, 1.54) is 29.7 Å². The van der Waals surface area contributed by atoms with Gasteiger partial charge in [0.25, 0.3) is 5.69 Å². The first-order valence-corrected chi connectivity index (χ1v) is 11.7. The van der Waals surface area contributed by atoms with Gasteiger partial charge in [-0.25, -0.2) is 0 Å². The topological polar surface area (TPSA) is 43.1 Å². The fourth-order valence-electron chi connectivity index (χ4n) is 4.17. The number of nitrogens with zero attached hydrogens (tertiary/aromatic N) is 1. The lowest BCUT2D eigenvalue weighted by atomic mass is 10.0. The van der Waals surface area contributed by atoms with Crippen LogP contribution in [0.3, 0.4) is 0 Å². The molecule has 0 radical (unpaired) electrons. The first-order chi connectivity index (χ1) is 15.1. The monoisotopic (exact) mass is 429 g/mol. The van der Waals surface area contributed by atoms with E-state index in [0.29, 0.717) is 4.75 Å². The Morgan fingerprint density at radius 2 is 1.65 bits per heavy atom. The zero-order chi connectivity index (χ0) is 21.5. The minimum atomic E-state index is -0.363. The summed E-state index contributed by atoms with van der Waals surface area (Å²) in [4.78, 5) is 11.7. The number of benzene rings is 3. The van der Waals surface area contributed by atoms with Crippen molar-refractivity contribution in [2.24, 2.45) is 5.92 Å². The van der Waals surface area contributed by atoms with Crippen molar-refractivity contribution in [1.82, 2.24) is 0 Å². The Morgan fingerprint density at radius 3 is 2.32 bits per heavy atom. The Balaban J connectivity index is 1.31. The van der Waals surface area contributed by atoms with E-state index in [2.05, 4.69) is 84.6 Å². The van der Waals surface area contributed by atoms with Crippen LogP contribution in [0.5, 0.6) is 0 Å². The summed E-state index contributed by atoms with van der Waals surface area (Å²) in [5, 5.41) is 10.8. The number of thioether (sulfide) groups is 1. The number of non-ortho nitro benzene ring substituents is 1. The van der Waals surface area contributed by atoms with Crippen LogP contribution in [0.15, 0.2) is 95.9 Å². The molecule has 4 rings (SSSR count). The van der Waals surface area contributed by atoms with Crippen LogP contribution in [0.2, 0.25) is 0 Å². The molecule has 0 aliphatic heterocycles. The summed E-state index contributed by atoms with van der Waals surface area (Å²) in [5.41, 5.74) is 2.57. The summed E-state index contributed by atoms with van der Waals surface area (Å²) in [6.07, 6.45) is 10.1. The molecule has 2 atom stereocenters. The Hall–Kier alpha value is -2.85. The minimum absolute atomic E-state index is 0.136. The Kier molecular flexibility index (Phi) is 6.88. The third kappa shape index (κ3) is 5.86. The molecule has 0 heterocycles. The maximum absolute atomic E-state index is 10.8. The number of nitro benzene ring substituents is 1. The third-order valence-corrected chi connectivity index (χ3v) is 7.48. The van der Waals surface area contributed by atoms with Crippen molar-refractivity contribution >= 4 is 23.5 Å². The van der Waals surface area contributed by atoms with Crippen molar-refractivity contribution in [2.45, 2.75) is 41.7 Å². The molecule has 3 aromatic rings. The summed E-state index contributed by atoms with van der Waals surface area (Å²) in [5.74, 6) is 0.741. The van der Waals surface area contributed by atoms with E-state index < -0.39 is 0 Å².